The number of amides is 1. The summed E-state index contributed by atoms with van der Waals surface area (Å²) < 4.78 is 0. The molecule has 1 aromatic heterocycles. The second-order valence-corrected chi connectivity index (χ2v) is 6.14. The minimum Gasteiger partial charge on any atom is -0.384 e. The molecule has 7 heteroatoms. The Morgan fingerprint density at radius 2 is 1.83 bits per heavy atom. The van der Waals surface area contributed by atoms with Crippen LogP contribution >= 0.6 is 23.2 Å². The number of pyridine rings is 1. The third-order valence-electron chi connectivity index (χ3n) is 3.00. The molecule has 0 spiro atoms. The van der Waals surface area contributed by atoms with Gasteiger partial charge in [-0.1, -0.05) is 23.2 Å². The summed E-state index contributed by atoms with van der Waals surface area (Å²) in [6.45, 7) is 1.67. The van der Waals surface area contributed by atoms with E-state index in [1.54, 1.807) is 30.5 Å². The molecule has 2 aromatic rings. The van der Waals surface area contributed by atoms with Gasteiger partial charge in [0.25, 0.3) is 5.91 Å². The number of halogens is 2. The Balaban J connectivity index is 2.04. The second kappa shape index (κ2) is 8.15. The molecule has 0 aliphatic heterocycles. The van der Waals surface area contributed by atoms with Crippen LogP contribution in [0.1, 0.15) is 10.5 Å². The molecule has 1 heterocycles. The maximum Gasteiger partial charge on any atom is 0.274 e. The quantitative estimate of drug-likeness (QED) is 0.833. The normalized spacial score (nSPS) is 10.7. The van der Waals surface area contributed by atoms with Crippen molar-refractivity contribution in [3.05, 3.63) is 52.3 Å². The summed E-state index contributed by atoms with van der Waals surface area (Å²) in [4.78, 5) is 18.4. The van der Waals surface area contributed by atoms with Crippen molar-refractivity contribution < 1.29 is 4.79 Å². The van der Waals surface area contributed by atoms with E-state index in [0.717, 1.165) is 18.8 Å². The number of nitrogens with one attached hydrogen (secondary N) is 2. The summed E-state index contributed by atoms with van der Waals surface area (Å²) in [5.41, 5.74) is 1.69. The summed E-state index contributed by atoms with van der Waals surface area (Å²) in [5, 5.41) is 6.90. The largest absolute Gasteiger partial charge is 0.384 e. The highest BCUT2D eigenvalue weighted by atomic mass is 35.5. The first-order chi connectivity index (χ1) is 10.9. The van der Waals surface area contributed by atoms with Crippen molar-refractivity contribution >= 4 is 40.5 Å². The summed E-state index contributed by atoms with van der Waals surface area (Å²) in [5.74, 6) is -0.320. The predicted molar refractivity (Wildman–Crippen MR) is 95.7 cm³/mol. The standard InChI is InChI=1S/C16H18Cl2N4O/c1-22(2)6-5-19-13-3-4-20-15(10-13)16(23)21-14-8-11(17)7-12(18)9-14/h3-4,7-10H,5-6H2,1-2H3,(H,19,20)(H,21,23). The highest BCUT2D eigenvalue weighted by Gasteiger charge is 2.09. The molecule has 2 rings (SSSR count). The summed E-state index contributed by atoms with van der Waals surface area (Å²) in [6, 6.07) is 8.39. The van der Waals surface area contributed by atoms with Gasteiger partial charge >= 0.3 is 0 Å². The number of benzene rings is 1. The molecular formula is C16H18Cl2N4O. The lowest BCUT2D eigenvalue weighted by molar-refractivity contribution is 0.102. The van der Waals surface area contributed by atoms with Gasteiger partial charge < -0.3 is 15.5 Å². The first kappa shape index (κ1) is 17.5. The molecule has 0 saturated heterocycles. The van der Waals surface area contributed by atoms with Crippen LogP contribution in [-0.4, -0.2) is 43.0 Å². The Bertz CT molecular complexity index is 671. The van der Waals surface area contributed by atoms with E-state index in [-0.39, 0.29) is 5.91 Å². The lowest BCUT2D eigenvalue weighted by Gasteiger charge is -2.12. The van der Waals surface area contributed by atoms with Crippen molar-refractivity contribution in [3.63, 3.8) is 0 Å². The summed E-state index contributed by atoms with van der Waals surface area (Å²) in [7, 11) is 4.01. The smallest absolute Gasteiger partial charge is 0.274 e. The topological polar surface area (TPSA) is 57.3 Å². The number of aromatic nitrogens is 1. The van der Waals surface area contributed by atoms with Crippen LogP contribution in [0.4, 0.5) is 11.4 Å². The fraction of sp³-hybridized carbons (Fsp3) is 0.250. The third-order valence-corrected chi connectivity index (χ3v) is 3.44. The molecule has 0 bridgehead atoms. The van der Waals surface area contributed by atoms with Crippen LogP contribution in [0.5, 0.6) is 0 Å². The number of likely N-dealkylation sites (N-methyl/N-ethyl adjacent to an activating group) is 1. The van der Waals surface area contributed by atoms with Crippen LogP contribution in [-0.2, 0) is 0 Å². The molecule has 0 saturated carbocycles. The minimum atomic E-state index is -0.320. The molecule has 0 aliphatic carbocycles. The zero-order chi connectivity index (χ0) is 16.8. The van der Waals surface area contributed by atoms with E-state index in [4.69, 9.17) is 23.2 Å². The van der Waals surface area contributed by atoms with Crippen molar-refractivity contribution in [1.29, 1.82) is 0 Å². The van der Waals surface area contributed by atoms with Crippen LogP contribution in [0.3, 0.4) is 0 Å². The monoisotopic (exact) mass is 352 g/mol. The van der Waals surface area contributed by atoms with Gasteiger partial charge in [-0.15, -0.1) is 0 Å². The molecule has 1 amide bonds. The number of carbonyl (C=O) groups excluding carboxylic acids is 1. The van der Waals surface area contributed by atoms with E-state index in [1.165, 1.54) is 0 Å². The zero-order valence-corrected chi connectivity index (χ0v) is 14.4. The molecular weight excluding hydrogens is 335 g/mol. The number of rotatable bonds is 6. The molecule has 0 atom stereocenters. The first-order valence-corrected chi connectivity index (χ1v) is 7.82. The third kappa shape index (κ3) is 5.71. The molecule has 2 N–H and O–H groups in total. The van der Waals surface area contributed by atoms with Crippen LogP contribution in [0.2, 0.25) is 10.0 Å². The number of carbonyl (C=O) groups is 1. The van der Waals surface area contributed by atoms with Gasteiger partial charge in [-0.2, -0.15) is 0 Å². The van der Waals surface area contributed by atoms with E-state index in [1.807, 2.05) is 20.2 Å². The molecule has 0 aliphatic rings. The molecule has 1 aromatic carbocycles. The van der Waals surface area contributed by atoms with Gasteiger partial charge in [0.1, 0.15) is 5.69 Å². The zero-order valence-electron chi connectivity index (χ0n) is 12.9. The van der Waals surface area contributed by atoms with Crippen LogP contribution < -0.4 is 10.6 Å². The molecule has 5 nitrogen and oxygen atoms in total. The highest BCUT2D eigenvalue weighted by molar-refractivity contribution is 6.35. The number of hydrogen-bond donors (Lipinski definition) is 2. The molecule has 23 heavy (non-hydrogen) atoms. The Morgan fingerprint density at radius 1 is 1.13 bits per heavy atom. The fourth-order valence-electron chi connectivity index (χ4n) is 1.91. The van der Waals surface area contributed by atoms with Crippen LogP contribution in [0.15, 0.2) is 36.5 Å². The SMILES string of the molecule is CN(C)CCNc1ccnc(C(=O)Nc2cc(Cl)cc(Cl)c2)c1. The molecule has 0 unspecified atom stereocenters. The van der Waals surface area contributed by atoms with Crippen LogP contribution in [0.25, 0.3) is 0 Å². The lowest BCUT2D eigenvalue weighted by atomic mass is 10.2. The van der Waals surface area contributed by atoms with E-state index in [0.29, 0.717) is 21.4 Å². The van der Waals surface area contributed by atoms with E-state index in [9.17, 15) is 4.79 Å². The van der Waals surface area contributed by atoms with Crippen molar-refractivity contribution in [2.45, 2.75) is 0 Å². The van der Waals surface area contributed by atoms with Crippen molar-refractivity contribution in [2.75, 3.05) is 37.8 Å². The lowest BCUT2D eigenvalue weighted by Crippen LogP contribution is -2.21. The Hall–Kier alpha value is -1.82. The average molecular weight is 353 g/mol. The van der Waals surface area contributed by atoms with Gasteiger partial charge in [0.15, 0.2) is 0 Å². The van der Waals surface area contributed by atoms with Gasteiger partial charge in [-0.05, 0) is 44.4 Å². The van der Waals surface area contributed by atoms with Gasteiger partial charge in [0.2, 0.25) is 0 Å². The highest BCUT2D eigenvalue weighted by Crippen LogP contribution is 2.23. The van der Waals surface area contributed by atoms with Crippen molar-refractivity contribution in [1.82, 2.24) is 9.88 Å². The van der Waals surface area contributed by atoms with E-state index in [2.05, 4.69) is 20.5 Å². The van der Waals surface area contributed by atoms with Crippen molar-refractivity contribution in [2.24, 2.45) is 0 Å². The fourth-order valence-corrected chi connectivity index (χ4v) is 2.44. The van der Waals surface area contributed by atoms with Crippen LogP contribution in [0, 0.1) is 0 Å². The number of anilines is 2. The van der Waals surface area contributed by atoms with Gasteiger partial charge in [0.05, 0.1) is 0 Å². The number of nitrogens with zero attached hydrogens (tertiary/aromatic N) is 2. The molecule has 0 radical (unpaired) electrons. The minimum absolute atomic E-state index is 0.316. The Labute approximate surface area is 145 Å². The van der Waals surface area contributed by atoms with Gasteiger partial charge in [0, 0.05) is 40.7 Å². The second-order valence-electron chi connectivity index (χ2n) is 5.27. The summed E-state index contributed by atoms with van der Waals surface area (Å²) in [6.07, 6.45) is 1.60. The van der Waals surface area contributed by atoms with Gasteiger partial charge in [-0.25, -0.2) is 0 Å². The average Bonchev–Trinajstić information content (AvgIpc) is 2.46. The van der Waals surface area contributed by atoms with Crippen molar-refractivity contribution in [3.8, 4) is 0 Å². The molecule has 0 fully saturated rings. The first-order valence-electron chi connectivity index (χ1n) is 7.06. The number of hydrogen-bond acceptors (Lipinski definition) is 4. The summed E-state index contributed by atoms with van der Waals surface area (Å²) >= 11 is 11.8. The Morgan fingerprint density at radius 3 is 2.48 bits per heavy atom. The predicted octanol–water partition coefficient (Wildman–Crippen LogP) is 3.61. The van der Waals surface area contributed by atoms with Gasteiger partial charge in [-0.3, -0.25) is 9.78 Å². The Kier molecular flexibility index (Phi) is 6.21. The molecule has 122 valence electrons. The van der Waals surface area contributed by atoms with E-state index < -0.39 is 0 Å². The van der Waals surface area contributed by atoms with E-state index >= 15 is 0 Å². The maximum absolute atomic E-state index is 12.3. The maximum atomic E-state index is 12.3.